The molecule has 132 valence electrons. The molecule has 1 heterocycles. The second-order valence-electron chi connectivity index (χ2n) is 7.03. The van der Waals surface area contributed by atoms with Crippen molar-refractivity contribution in [1.29, 1.82) is 0 Å². The zero-order chi connectivity index (χ0) is 18.1. The fraction of sp³-hybridized carbons (Fsp3) is 0.588. The molecule has 0 radical (unpaired) electrons. The van der Waals surface area contributed by atoms with Crippen LogP contribution in [0.25, 0.3) is 0 Å². The molecule has 1 N–H and O–H groups in total. The zero-order valence-corrected chi connectivity index (χ0v) is 15.5. The number of aliphatic carboxylic acids is 1. The highest BCUT2D eigenvalue weighted by atomic mass is 35.5. The number of carbonyl (C=O) groups is 1. The Morgan fingerprint density at radius 2 is 1.88 bits per heavy atom. The molecule has 0 spiro atoms. The summed E-state index contributed by atoms with van der Waals surface area (Å²) < 4.78 is 17.4. The van der Waals surface area contributed by atoms with Crippen LogP contribution in [-0.2, 0) is 20.0 Å². The van der Waals surface area contributed by atoms with Gasteiger partial charge in [0.25, 0.3) is 0 Å². The Hall–Kier alpha value is -1.24. The van der Waals surface area contributed by atoms with Crippen LogP contribution < -0.4 is 4.74 Å². The van der Waals surface area contributed by atoms with Crippen LogP contribution in [0.1, 0.15) is 51.1 Å². The van der Waals surface area contributed by atoms with Gasteiger partial charge in [-0.05, 0) is 39.3 Å². The Bertz CT molecular complexity index is 601. The van der Waals surface area contributed by atoms with Crippen LogP contribution in [0.3, 0.4) is 0 Å². The lowest BCUT2D eigenvalue weighted by Gasteiger charge is -2.32. The van der Waals surface area contributed by atoms with Crippen molar-refractivity contribution in [1.82, 2.24) is 0 Å². The van der Waals surface area contributed by atoms with Gasteiger partial charge in [0.1, 0.15) is 5.75 Å². The molecule has 0 aromatic heterocycles. The standard InChI is InChI=1S/C17H24BClO5/c1-16(2)17(3,4)24-18(23-16)13(9-15(20)21)11-6-7-14(22-5)12(8-11)10-19/h6-8,13H,9-10H2,1-5H3,(H,20,21). The Morgan fingerprint density at radius 3 is 2.33 bits per heavy atom. The molecule has 0 aliphatic carbocycles. The Balaban J connectivity index is 2.38. The van der Waals surface area contributed by atoms with E-state index >= 15 is 0 Å². The fourth-order valence-electron chi connectivity index (χ4n) is 2.75. The zero-order valence-electron chi connectivity index (χ0n) is 14.8. The fourth-order valence-corrected chi connectivity index (χ4v) is 2.95. The molecule has 0 saturated carbocycles. The maximum Gasteiger partial charge on any atom is 0.466 e. The minimum absolute atomic E-state index is 0.0924. The summed E-state index contributed by atoms with van der Waals surface area (Å²) in [6, 6.07) is 5.51. The van der Waals surface area contributed by atoms with Crippen molar-refractivity contribution in [2.75, 3.05) is 7.11 Å². The quantitative estimate of drug-likeness (QED) is 0.624. The number of methoxy groups -OCH3 is 1. The summed E-state index contributed by atoms with van der Waals surface area (Å²) in [5.74, 6) is -0.383. The smallest absolute Gasteiger partial charge is 0.466 e. The first-order valence-electron chi connectivity index (χ1n) is 7.91. The maximum atomic E-state index is 11.4. The number of carboxylic acid groups (broad SMARTS) is 1. The van der Waals surface area contributed by atoms with Gasteiger partial charge < -0.3 is 19.2 Å². The number of carboxylic acids is 1. The molecule has 7 heteroatoms. The summed E-state index contributed by atoms with van der Waals surface area (Å²) in [7, 11) is 0.941. The average molecular weight is 355 g/mol. The molecule has 0 amide bonds. The number of halogens is 1. The van der Waals surface area contributed by atoms with Gasteiger partial charge in [-0.2, -0.15) is 0 Å². The first-order chi connectivity index (χ1) is 11.1. The molecular formula is C17H24BClO5. The van der Waals surface area contributed by atoms with Crippen molar-refractivity contribution in [3.05, 3.63) is 29.3 Å². The van der Waals surface area contributed by atoms with E-state index in [1.54, 1.807) is 13.2 Å². The van der Waals surface area contributed by atoms with Gasteiger partial charge >= 0.3 is 13.1 Å². The molecule has 24 heavy (non-hydrogen) atoms. The van der Waals surface area contributed by atoms with Crippen LogP contribution in [-0.4, -0.2) is 36.5 Å². The lowest BCUT2D eigenvalue weighted by molar-refractivity contribution is -0.137. The number of hydrogen-bond donors (Lipinski definition) is 1. The van der Waals surface area contributed by atoms with Crippen molar-refractivity contribution in [3.63, 3.8) is 0 Å². The van der Waals surface area contributed by atoms with Crippen molar-refractivity contribution in [2.24, 2.45) is 0 Å². The molecule has 1 aliphatic rings. The number of hydrogen-bond acceptors (Lipinski definition) is 4. The van der Waals surface area contributed by atoms with Crippen LogP contribution in [0.5, 0.6) is 5.75 Å². The highest BCUT2D eigenvalue weighted by molar-refractivity contribution is 6.48. The van der Waals surface area contributed by atoms with E-state index in [9.17, 15) is 9.90 Å². The summed E-state index contributed by atoms with van der Waals surface area (Å²) in [5.41, 5.74) is 0.586. The third kappa shape index (κ3) is 3.71. The van der Waals surface area contributed by atoms with E-state index in [4.69, 9.17) is 25.6 Å². The van der Waals surface area contributed by atoms with Gasteiger partial charge in [0.2, 0.25) is 0 Å². The molecule has 1 atom stereocenters. The van der Waals surface area contributed by atoms with Crippen LogP contribution in [0.15, 0.2) is 18.2 Å². The van der Waals surface area contributed by atoms with Gasteiger partial charge in [0, 0.05) is 11.4 Å². The van der Waals surface area contributed by atoms with Crippen LogP contribution in [0.2, 0.25) is 0 Å². The van der Waals surface area contributed by atoms with E-state index in [1.807, 2.05) is 39.8 Å². The largest absolute Gasteiger partial charge is 0.496 e. The van der Waals surface area contributed by atoms with Crippen molar-refractivity contribution >= 4 is 24.7 Å². The summed E-state index contributed by atoms with van der Waals surface area (Å²) in [6.45, 7) is 7.79. The van der Waals surface area contributed by atoms with Crippen LogP contribution in [0, 0.1) is 0 Å². The molecule has 5 nitrogen and oxygen atoms in total. The van der Waals surface area contributed by atoms with Crippen molar-refractivity contribution in [3.8, 4) is 5.75 Å². The maximum absolute atomic E-state index is 11.4. The summed E-state index contributed by atoms with van der Waals surface area (Å²) >= 11 is 5.98. The number of benzene rings is 1. The monoisotopic (exact) mass is 354 g/mol. The topological polar surface area (TPSA) is 65.0 Å². The third-order valence-electron chi connectivity index (χ3n) is 4.87. The molecule has 1 saturated heterocycles. The first kappa shape index (κ1) is 19.1. The predicted molar refractivity (Wildman–Crippen MR) is 93.6 cm³/mol. The molecular weight excluding hydrogens is 330 g/mol. The van der Waals surface area contributed by atoms with Gasteiger partial charge in [-0.25, -0.2) is 0 Å². The lowest BCUT2D eigenvalue weighted by atomic mass is 9.66. The Labute approximate surface area is 148 Å². The van der Waals surface area contributed by atoms with E-state index in [1.165, 1.54) is 0 Å². The Kier molecular flexibility index (Phi) is 5.52. The van der Waals surface area contributed by atoms with E-state index in [2.05, 4.69) is 0 Å². The van der Waals surface area contributed by atoms with Gasteiger partial charge in [-0.15, -0.1) is 11.6 Å². The van der Waals surface area contributed by atoms with Gasteiger partial charge in [0.05, 0.1) is 30.6 Å². The van der Waals surface area contributed by atoms with E-state index < -0.39 is 30.1 Å². The van der Waals surface area contributed by atoms with Crippen LogP contribution in [0.4, 0.5) is 0 Å². The number of ether oxygens (including phenoxy) is 1. The summed E-state index contributed by atoms with van der Waals surface area (Å²) in [4.78, 5) is 11.4. The normalized spacial score (nSPS) is 20.0. The highest BCUT2D eigenvalue weighted by Crippen LogP contribution is 2.42. The first-order valence-corrected chi connectivity index (χ1v) is 8.45. The van der Waals surface area contributed by atoms with Crippen LogP contribution >= 0.6 is 11.6 Å². The molecule has 0 bridgehead atoms. The second kappa shape index (κ2) is 6.94. The van der Waals surface area contributed by atoms with Gasteiger partial charge in [-0.3, -0.25) is 4.79 Å². The predicted octanol–water partition coefficient (Wildman–Crippen LogP) is 3.62. The summed E-state index contributed by atoms with van der Waals surface area (Å²) in [6.07, 6.45) is -0.0924. The SMILES string of the molecule is COc1ccc(C(CC(=O)O)B2OC(C)(C)C(C)(C)O2)cc1CCl. The minimum Gasteiger partial charge on any atom is -0.496 e. The number of alkyl halides is 1. The number of rotatable bonds is 6. The molecule has 2 rings (SSSR count). The molecule has 1 aliphatic heterocycles. The Morgan fingerprint density at radius 1 is 1.29 bits per heavy atom. The second-order valence-corrected chi connectivity index (χ2v) is 7.30. The summed E-state index contributed by atoms with van der Waals surface area (Å²) in [5, 5.41) is 9.33. The lowest BCUT2D eigenvalue weighted by Crippen LogP contribution is -2.41. The minimum atomic E-state index is -0.905. The average Bonchev–Trinajstić information content (AvgIpc) is 2.72. The molecule has 1 aromatic carbocycles. The molecule has 1 fully saturated rings. The van der Waals surface area contributed by atoms with Crippen molar-refractivity contribution < 1.29 is 23.9 Å². The van der Waals surface area contributed by atoms with Gasteiger partial charge in [0.15, 0.2) is 0 Å². The third-order valence-corrected chi connectivity index (χ3v) is 5.16. The van der Waals surface area contributed by atoms with E-state index in [-0.39, 0.29) is 12.3 Å². The van der Waals surface area contributed by atoms with Crippen molar-refractivity contribution in [2.45, 2.75) is 57.0 Å². The molecule has 1 aromatic rings. The highest BCUT2D eigenvalue weighted by Gasteiger charge is 2.54. The van der Waals surface area contributed by atoms with E-state index in [0.29, 0.717) is 5.75 Å². The van der Waals surface area contributed by atoms with Gasteiger partial charge in [-0.1, -0.05) is 12.1 Å². The molecule has 1 unspecified atom stereocenters. The van der Waals surface area contributed by atoms with E-state index in [0.717, 1.165) is 11.1 Å².